The first-order valence-corrected chi connectivity index (χ1v) is 7.97. The third kappa shape index (κ3) is 6.74. The van der Waals surface area contributed by atoms with E-state index in [4.69, 9.17) is 0 Å². The number of rotatable bonds is 6. The third-order valence-corrected chi connectivity index (χ3v) is 3.84. The Morgan fingerprint density at radius 3 is 2.33 bits per heavy atom. The molecule has 0 unspecified atom stereocenters. The summed E-state index contributed by atoms with van der Waals surface area (Å²) in [5.41, 5.74) is -1.12. The van der Waals surface area contributed by atoms with E-state index >= 15 is 0 Å². The molecule has 1 heterocycles. The van der Waals surface area contributed by atoms with E-state index in [0.717, 1.165) is 29.9 Å². The molecule has 0 saturated carbocycles. The maximum absolute atomic E-state index is 12.1. The lowest BCUT2D eigenvalue weighted by molar-refractivity contribution is -0.0328. The minimum absolute atomic E-state index is 0.000275. The monoisotopic (exact) mass is 323 g/mol. The van der Waals surface area contributed by atoms with Crippen LogP contribution < -0.4 is 5.32 Å². The zero-order valence-corrected chi connectivity index (χ0v) is 14.1. The Balaban J connectivity index is 2.59. The van der Waals surface area contributed by atoms with Crippen molar-refractivity contribution in [2.45, 2.75) is 58.6 Å². The van der Waals surface area contributed by atoms with Crippen molar-refractivity contribution >= 4 is 11.8 Å². The van der Waals surface area contributed by atoms with E-state index in [1.54, 1.807) is 4.68 Å². The fourth-order valence-corrected chi connectivity index (χ4v) is 2.62. The molecule has 21 heavy (non-hydrogen) atoms. The molecule has 0 aliphatic carbocycles. The molecule has 0 aromatic carbocycles. The molecule has 122 valence electrons. The van der Waals surface area contributed by atoms with Gasteiger partial charge in [-0.2, -0.15) is 18.3 Å². The molecule has 0 amide bonds. The Bertz CT molecular complexity index is 461. The summed E-state index contributed by atoms with van der Waals surface area (Å²) in [6, 6.07) is 0. The highest BCUT2D eigenvalue weighted by atomic mass is 32.2. The van der Waals surface area contributed by atoms with Crippen LogP contribution in [0.25, 0.3) is 0 Å². The van der Waals surface area contributed by atoms with Crippen LogP contribution in [0, 0.1) is 13.8 Å². The van der Waals surface area contributed by atoms with Crippen LogP contribution in [0.15, 0.2) is 0 Å². The third-order valence-electron chi connectivity index (χ3n) is 3.13. The molecule has 0 fully saturated rings. The molecular weight excluding hydrogens is 299 g/mol. The number of halogens is 3. The van der Waals surface area contributed by atoms with Crippen LogP contribution in [0.2, 0.25) is 0 Å². The first kappa shape index (κ1) is 18.4. The Kier molecular flexibility index (Phi) is 6.16. The highest BCUT2D eigenvalue weighted by Gasteiger charge is 2.27. The van der Waals surface area contributed by atoms with Gasteiger partial charge in [-0.15, -0.1) is 0 Å². The molecule has 0 radical (unpaired) electrons. The first-order chi connectivity index (χ1) is 9.49. The SMILES string of the molecule is Cc1nn(CCSC(F)(F)F)c(C)c1CCNC(C)(C)C. The van der Waals surface area contributed by atoms with E-state index in [1.165, 1.54) is 0 Å². The smallest absolute Gasteiger partial charge is 0.312 e. The minimum Gasteiger partial charge on any atom is -0.312 e. The van der Waals surface area contributed by atoms with Crippen molar-refractivity contribution in [2.24, 2.45) is 0 Å². The van der Waals surface area contributed by atoms with Crippen molar-refractivity contribution in [2.75, 3.05) is 12.3 Å². The average Bonchev–Trinajstić information content (AvgIpc) is 2.53. The predicted octanol–water partition coefficient (Wildman–Crippen LogP) is 3.68. The lowest BCUT2D eigenvalue weighted by atomic mass is 10.1. The highest BCUT2D eigenvalue weighted by molar-refractivity contribution is 8.00. The van der Waals surface area contributed by atoms with Crippen molar-refractivity contribution in [1.29, 1.82) is 0 Å². The Hall–Kier alpha value is -0.690. The molecule has 0 aliphatic heterocycles. The summed E-state index contributed by atoms with van der Waals surface area (Å²) in [5, 5.41) is 7.76. The molecule has 0 spiro atoms. The summed E-state index contributed by atoms with van der Waals surface area (Å²) in [7, 11) is 0. The lowest BCUT2D eigenvalue weighted by Crippen LogP contribution is -2.37. The van der Waals surface area contributed by atoms with E-state index < -0.39 is 5.51 Å². The topological polar surface area (TPSA) is 29.9 Å². The fraction of sp³-hybridized carbons (Fsp3) is 0.786. The van der Waals surface area contributed by atoms with Gasteiger partial charge in [0.2, 0.25) is 0 Å². The number of alkyl halides is 3. The van der Waals surface area contributed by atoms with Crippen LogP contribution in [0.5, 0.6) is 0 Å². The quantitative estimate of drug-likeness (QED) is 0.866. The largest absolute Gasteiger partial charge is 0.441 e. The summed E-state index contributed by atoms with van der Waals surface area (Å²) in [6.45, 7) is 11.2. The minimum atomic E-state index is -4.17. The number of aromatic nitrogens is 2. The zero-order valence-electron chi connectivity index (χ0n) is 13.3. The summed E-state index contributed by atoms with van der Waals surface area (Å²) in [4.78, 5) is 0. The van der Waals surface area contributed by atoms with Gasteiger partial charge in [0, 0.05) is 17.0 Å². The average molecular weight is 323 g/mol. The summed E-state index contributed by atoms with van der Waals surface area (Å²) in [5.74, 6) is -0.00879. The normalized spacial score (nSPS) is 13.0. The summed E-state index contributed by atoms with van der Waals surface area (Å²) in [6.07, 6.45) is 0.835. The molecular formula is C14H24F3N3S. The Morgan fingerprint density at radius 2 is 1.81 bits per heavy atom. The molecule has 1 aromatic rings. The maximum Gasteiger partial charge on any atom is 0.441 e. The maximum atomic E-state index is 12.1. The van der Waals surface area contributed by atoms with Gasteiger partial charge < -0.3 is 5.32 Å². The molecule has 7 heteroatoms. The molecule has 0 atom stereocenters. The van der Waals surface area contributed by atoms with Crippen molar-refractivity contribution < 1.29 is 13.2 Å². The van der Waals surface area contributed by atoms with Crippen molar-refractivity contribution in [3.63, 3.8) is 0 Å². The number of nitrogens with one attached hydrogen (secondary N) is 1. The van der Waals surface area contributed by atoms with Crippen LogP contribution >= 0.6 is 11.8 Å². The van der Waals surface area contributed by atoms with Gasteiger partial charge in [-0.25, -0.2) is 0 Å². The number of hydrogen-bond donors (Lipinski definition) is 1. The van der Waals surface area contributed by atoms with E-state index in [0.29, 0.717) is 0 Å². The second-order valence-electron chi connectivity index (χ2n) is 6.09. The van der Waals surface area contributed by atoms with Crippen molar-refractivity contribution in [3.05, 3.63) is 17.0 Å². The summed E-state index contributed by atoms with van der Waals surface area (Å²) >= 11 is 0.000275. The van der Waals surface area contributed by atoms with Gasteiger partial charge in [-0.3, -0.25) is 4.68 Å². The molecule has 0 bridgehead atoms. The molecule has 3 nitrogen and oxygen atoms in total. The molecule has 0 aliphatic rings. The van der Waals surface area contributed by atoms with Crippen LogP contribution in [0.3, 0.4) is 0 Å². The second-order valence-corrected chi connectivity index (χ2v) is 7.25. The van der Waals surface area contributed by atoms with Gasteiger partial charge in [-0.1, -0.05) is 0 Å². The number of thioether (sulfide) groups is 1. The van der Waals surface area contributed by atoms with Crippen LogP contribution in [-0.2, 0) is 13.0 Å². The van der Waals surface area contributed by atoms with Gasteiger partial charge in [0.05, 0.1) is 12.2 Å². The van der Waals surface area contributed by atoms with E-state index in [9.17, 15) is 13.2 Å². The standard InChI is InChI=1S/C14H24F3N3S/c1-10-12(6-7-18-13(3,4)5)11(2)20(19-10)8-9-21-14(15,16)17/h18H,6-9H2,1-5H3. The Labute approximate surface area is 128 Å². The predicted molar refractivity (Wildman–Crippen MR) is 81.7 cm³/mol. The molecule has 1 N–H and O–H groups in total. The van der Waals surface area contributed by atoms with Gasteiger partial charge >= 0.3 is 5.51 Å². The molecule has 0 saturated heterocycles. The lowest BCUT2D eigenvalue weighted by Gasteiger charge is -2.20. The van der Waals surface area contributed by atoms with Crippen LogP contribution in [0.4, 0.5) is 13.2 Å². The molecule has 1 rings (SSSR count). The zero-order chi connectivity index (χ0) is 16.3. The van der Waals surface area contributed by atoms with Gasteiger partial charge in [0.15, 0.2) is 0 Å². The van der Waals surface area contributed by atoms with Crippen molar-refractivity contribution in [1.82, 2.24) is 15.1 Å². The second kappa shape index (κ2) is 7.05. The first-order valence-electron chi connectivity index (χ1n) is 6.98. The van der Waals surface area contributed by atoms with E-state index in [1.807, 2.05) is 13.8 Å². The Morgan fingerprint density at radius 1 is 1.19 bits per heavy atom. The van der Waals surface area contributed by atoms with E-state index in [-0.39, 0.29) is 29.6 Å². The summed E-state index contributed by atoms with van der Waals surface area (Å²) < 4.78 is 38.1. The fourth-order valence-electron chi connectivity index (χ4n) is 2.12. The van der Waals surface area contributed by atoms with Gasteiger partial charge in [0.25, 0.3) is 0 Å². The van der Waals surface area contributed by atoms with Crippen LogP contribution in [-0.4, -0.2) is 33.1 Å². The number of nitrogens with zero attached hydrogens (tertiary/aromatic N) is 2. The molecule has 1 aromatic heterocycles. The van der Waals surface area contributed by atoms with Gasteiger partial charge in [-0.05, 0) is 64.9 Å². The number of hydrogen-bond acceptors (Lipinski definition) is 3. The number of aryl methyl sites for hydroxylation is 2. The highest BCUT2D eigenvalue weighted by Crippen LogP contribution is 2.30. The van der Waals surface area contributed by atoms with Gasteiger partial charge in [0.1, 0.15) is 0 Å². The van der Waals surface area contributed by atoms with E-state index in [2.05, 4.69) is 31.2 Å². The van der Waals surface area contributed by atoms with Crippen molar-refractivity contribution in [3.8, 4) is 0 Å². The van der Waals surface area contributed by atoms with Crippen LogP contribution in [0.1, 0.15) is 37.7 Å².